The summed E-state index contributed by atoms with van der Waals surface area (Å²) in [6, 6.07) is 9.56. The molecule has 0 aliphatic heterocycles. The Hall–Kier alpha value is -2.01. The number of hydrogen-bond acceptors (Lipinski definition) is 4. The van der Waals surface area contributed by atoms with Crippen molar-refractivity contribution < 1.29 is 9.84 Å². The second-order valence-corrected chi connectivity index (χ2v) is 4.28. The molecule has 0 atom stereocenters. The van der Waals surface area contributed by atoms with Gasteiger partial charge in [0.1, 0.15) is 11.6 Å². The summed E-state index contributed by atoms with van der Waals surface area (Å²) >= 11 is 0. The molecule has 1 aromatic heterocycles. The van der Waals surface area contributed by atoms with Crippen LogP contribution in [0.4, 0.5) is 5.82 Å². The number of ether oxygens (including phenoxy) is 1. The Morgan fingerprint density at radius 3 is 2.95 bits per heavy atom. The van der Waals surface area contributed by atoms with Gasteiger partial charge in [-0.25, -0.2) is 4.68 Å². The molecule has 0 saturated heterocycles. The topological polar surface area (TPSA) is 73.3 Å². The first-order chi connectivity index (χ1) is 9.24. The van der Waals surface area contributed by atoms with E-state index in [0.29, 0.717) is 19.0 Å². The fourth-order valence-corrected chi connectivity index (χ4v) is 1.81. The number of benzene rings is 1. The Kier molecular flexibility index (Phi) is 4.41. The molecule has 102 valence electrons. The summed E-state index contributed by atoms with van der Waals surface area (Å²) in [5, 5.41) is 13.3. The highest BCUT2D eigenvalue weighted by atomic mass is 16.5. The molecule has 3 N–H and O–H groups in total. The maximum Gasteiger partial charge on any atom is 0.122 e. The van der Waals surface area contributed by atoms with Gasteiger partial charge in [-0.2, -0.15) is 5.10 Å². The summed E-state index contributed by atoms with van der Waals surface area (Å²) in [6.07, 6.45) is 0.975. The summed E-state index contributed by atoms with van der Waals surface area (Å²) in [5.74, 6) is 1.37. The second kappa shape index (κ2) is 6.24. The lowest BCUT2D eigenvalue weighted by molar-refractivity contribution is 0.270. The minimum atomic E-state index is 0.0188. The van der Waals surface area contributed by atoms with E-state index >= 15 is 0 Å². The van der Waals surface area contributed by atoms with Gasteiger partial charge >= 0.3 is 0 Å². The average molecular weight is 261 g/mol. The normalized spacial score (nSPS) is 10.6. The van der Waals surface area contributed by atoms with Crippen molar-refractivity contribution >= 4 is 5.82 Å². The van der Waals surface area contributed by atoms with Crippen LogP contribution in [0.15, 0.2) is 30.3 Å². The summed E-state index contributed by atoms with van der Waals surface area (Å²) in [6.45, 7) is 3.19. The lowest BCUT2D eigenvalue weighted by Gasteiger charge is -2.05. The van der Waals surface area contributed by atoms with Crippen molar-refractivity contribution in [2.45, 2.75) is 19.9 Å². The molecule has 0 unspecified atom stereocenters. The molecule has 2 aromatic rings. The lowest BCUT2D eigenvalue weighted by Crippen LogP contribution is -2.07. The summed E-state index contributed by atoms with van der Waals surface area (Å²) in [5.41, 5.74) is 7.58. The van der Waals surface area contributed by atoms with Gasteiger partial charge < -0.3 is 15.6 Å². The summed E-state index contributed by atoms with van der Waals surface area (Å²) < 4.78 is 7.19. The van der Waals surface area contributed by atoms with E-state index in [1.165, 1.54) is 0 Å². The number of nitrogens with zero attached hydrogens (tertiary/aromatic N) is 2. The Morgan fingerprint density at radius 2 is 2.21 bits per heavy atom. The van der Waals surface area contributed by atoms with Crippen LogP contribution in [0.2, 0.25) is 0 Å². The number of aliphatic hydroxyl groups is 1. The maximum absolute atomic E-state index is 8.93. The van der Waals surface area contributed by atoms with Crippen LogP contribution >= 0.6 is 0 Å². The van der Waals surface area contributed by atoms with E-state index < -0.39 is 0 Å². The van der Waals surface area contributed by atoms with Crippen LogP contribution in [0, 0.1) is 0 Å². The molecule has 0 aliphatic carbocycles. The molecule has 0 saturated carbocycles. The molecular formula is C14H19N3O2. The van der Waals surface area contributed by atoms with Crippen LogP contribution in [0.5, 0.6) is 5.75 Å². The van der Waals surface area contributed by atoms with Gasteiger partial charge in [0.15, 0.2) is 0 Å². The number of hydrogen-bond donors (Lipinski definition) is 2. The smallest absolute Gasteiger partial charge is 0.122 e. The third-order valence-corrected chi connectivity index (χ3v) is 2.73. The molecule has 2 rings (SSSR count). The maximum atomic E-state index is 8.93. The number of aromatic nitrogens is 2. The van der Waals surface area contributed by atoms with Crippen molar-refractivity contribution in [2.24, 2.45) is 0 Å². The first kappa shape index (κ1) is 13.4. The lowest BCUT2D eigenvalue weighted by atomic mass is 10.1. The molecule has 0 spiro atoms. The summed E-state index contributed by atoms with van der Waals surface area (Å²) in [7, 11) is 0. The monoisotopic (exact) mass is 261 g/mol. The molecular weight excluding hydrogens is 242 g/mol. The zero-order valence-corrected chi connectivity index (χ0v) is 11.0. The van der Waals surface area contributed by atoms with E-state index in [1.807, 2.05) is 24.3 Å². The highest BCUT2D eigenvalue weighted by molar-refractivity contribution is 5.63. The van der Waals surface area contributed by atoms with E-state index in [-0.39, 0.29) is 6.61 Å². The van der Waals surface area contributed by atoms with Crippen molar-refractivity contribution in [3.63, 3.8) is 0 Å². The SMILES string of the molecule is CCCOc1cccc(-c2cc(N)n(CCO)n2)c1. The van der Waals surface area contributed by atoms with Crippen molar-refractivity contribution in [3.8, 4) is 17.0 Å². The number of aliphatic hydroxyl groups excluding tert-OH is 1. The highest BCUT2D eigenvalue weighted by Gasteiger charge is 2.07. The average Bonchev–Trinajstić information content (AvgIpc) is 2.79. The predicted molar refractivity (Wildman–Crippen MR) is 74.9 cm³/mol. The fraction of sp³-hybridized carbons (Fsp3) is 0.357. The molecule has 5 heteroatoms. The molecule has 5 nitrogen and oxygen atoms in total. The number of nitrogens with two attached hydrogens (primary N) is 1. The van der Waals surface area contributed by atoms with Crippen LogP contribution in [-0.2, 0) is 6.54 Å². The van der Waals surface area contributed by atoms with Gasteiger partial charge in [-0.1, -0.05) is 19.1 Å². The van der Waals surface area contributed by atoms with E-state index in [9.17, 15) is 0 Å². The van der Waals surface area contributed by atoms with E-state index in [0.717, 1.165) is 23.4 Å². The van der Waals surface area contributed by atoms with Gasteiger partial charge in [0.05, 0.1) is 25.5 Å². The molecule has 0 aliphatic rings. The number of nitrogen functional groups attached to an aromatic ring is 1. The van der Waals surface area contributed by atoms with Gasteiger partial charge in [0.2, 0.25) is 0 Å². The predicted octanol–water partition coefficient (Wildman–Crippen LogP) is 1.91. The first-order valence-corrected chi connectivity index (χ1v) is 6.42. The van der Waals surface area contributed by atoms with E-state index in [4.69, 9.17) is 15.6 Å². The quantitative estimate of drug-likeness (QED) is 0.833. The summed E-state index contributed by atoms with van der Waals surface area (Å²) in [4.78, 5) is 0. The highest BCUT2D eigenvalue weighted by Crippen LogP contribution is 2.24. The Morgan fingerprint density at radius 1 is 1.37 bits per heavy atom. The van der Waals surface area contributed by atoms with E-state index in [2.05, 4.69) is 12.0 Å². The first-order valence-electron chi connectivity index (χ1n) is 6.42. The fourth-order valence-electron chi connectivity index (χ4n) is 1.81. The molecule has 0 bridgehead atoms. The third kappa shape index (κ3) is 3.26. The minimum Gasteiger partial charge on any atom is -0.494 e. The van der Waals surface area contributed by atoms with Gasteiger partial charge in [-0.3, -0.25) is 0 Å². The van der Waals surface area contributed by atoms with Crippen molar-refractivity contribution in [2.75, 3.05) is 18.9 Å². The zero-order chi connectivity index (χ0) is 13.7. The van der Waals surface area contributed by atoms with Gasteiger partial charge in [0.25, 0.3) is 0 Å². The largest absolute Gasteiger partial charge is 0.494 e. The second-order valence-electron chi connectivity index (χ2n) is 4.28. The molecule has 19 heavy (non-hydrogen) atoms. The van der Waals surface area contributed by atoms with Crippen molar-refractivity contribution in [1.29, 1.82) is 0 Å². The standard InChI is InChI=1S/C14H19N3O2/c1-2-8-19-12-5-3-4-11(9-12)13-10-14(15)17(16-13)6-7-18/h3-5,9-10,18H,2,6-8,15H2,1H3. The minimum absolute atomic E-state index is 0.0188. The van der Waals surface area contributed by atoms with Crippen LogP contribution in [-0.4, -0.2) is 28.1 Å². The molecule has 1 heterocycles. The number of anilines is 1. The number of rotatable bonds is 6. The molecule has 0 amide bonds. The Balaban J connectivity index is 2.23. The van der Waals surface area contributed by atoms with Gasteiger partial charge in [-0.15, -0.1) is 0 Å². The molecule has 0 fully saturated rings. The van der Waals surface area contributed by atoms with Crippen LogP contribution < -0.4 is 10.5 Å². The Labute approximate surface area is 112 Å². The third-order valence-electron chi connectivity index (χ3n) is 2.73. The van der Waals surface area contributed by atoms with Crippen LogP contribution in [0.1, 0.15) is 13.3 Å². The molecule has 1 aromatic carbocycles. The van der Waals surface area contributed by atoms with Crippen molar-refractivity contribution in [1.82, 2.24) is 9.78 Å². The van der Waals surface area contributed by atoms with Gasteiger partial charge in [0, 0.05) is 11.6 Å². The van der Waals surface area contributed by atoms with Crippen LogP contribution in [0.25, 0.3) is 11.3 Å². The van der Waals surface area contributed by atoms with Gasteiger partial charge in [-0.05, 0) is 18.6 Å². The van der Waals surface area contributed by atoms with Crippen molar-refractivity contribution in [3.05, 3.63) is 30.3 Å². The Bertz CT molecular complexity index is 537. The van der Waals surface area contributed by atoms with Crippen LogP contribution in [0.3, 0.4) is 0 Å². The molecule has 0 radical (unpaired) electrons. The zero-order valence-electron chi connectivity index (χ0n) is 11.0. The van der Waals surface area contributed by atoms with E-state index in [1.54, 1.807) is 10.7 Å².